The van der Waals surface area contributed by atoms with E-state index < -0.39 is 73.6 Å². The van der Waals surface area contributed by atoms with Crippen LogP contribution in [0.4, 0.5) is 0 Å². The summed E-state index contributed by atoms with van der Waals surface area (Å²) in [5, 5.41) is 47.0. The summed E-state index contributed by atoms with van der Waals surface area (Å²) < 4.78 is 17.2. The highest BCUT2D eigenvalue weighted by atomic mass is 35.5. The number of benzene rings is 2. The SMILES string of the molecule is C#CCOC1CC(OCc2ccccc2)(C(=O)O)OC([C@H](O)[C@H](O)CNC(=O)Cc2ccc(Cl)cc2)C1NC(=O)CO. The first-order valence-corrected chi connectivity index (χ1v) is 13.4. The van der Waals surface area contributed by atoms with Gasteiger partial charge in [0.05, 0.1) is 31.3 Å². The summed E-state index contributed by atoms with van der Waals surface area (Å²) in [4.78, 5) is 37.2. The molecule has 0 aliphatic carbocycles. The van der Waals surface area contributed by atoms with Crippen molar-refractivity contribution in [3.63, 3.8) is 0 Å². The summed E-state index contributed by atoms with van der Waals surface area (Å²) in [5.74, 6) is -3.04. The van der Waals surface area contributed by atoms with E-state index >= 15 is 0 Å². The molecule has 226 valence electrons. The number of nitrogens with one attached hydrogen (secondary N) is 2. The Bertz CT molecular complexity index is 1240. The van der Waals surface area contributed by atoms with E-state index in [1.165, 1.54) is 0 Å². The highest BCUT2D eigenvalue weighted by Gasteiger charge is 2.56. The van der Waals surface area contributed by atoms with Crippen LogP contribution in [0, 0.1) is 12.3 Å². The first kappa shape index (κ1) is 33.0. The van der Waals surface area contributed by atoms with E-state index in [0.717, 1.165) is 0 Å². The van der Waals surface area contributed by atoms with Gasteiger partial charge in [0.1, 0.15) is 25.4 Å². The summed E-state index contributed by atoms with van der Waals surface area (Å²) >= 11 is 5.86. The molecule has 1 heterocycles. The molecule has 0 aromatic heterocycles. The zero-order valence-electron chi connectivity index (χ0n) is 22.5. The average molecular weight is 605 g/mol. The average Bonchev–Trinajstić information content (AvgIpc) is 2.99. The predicted octanol–water partition coefficient (Wildman–Crippen LogP) is 0.00260. The van der Waals surface area contributed by atoms with Gasteiger partial charge >= 0.3 is 5.97 Å². The summed E-state index contributed by atoms with van der Waals surface area (Å²) in [5.41, 5.74) is 1.28. The van der Waals surface area contributed by atoms with E-state index in [1.807, 2.05) is 0 Å². The Labute approximate surface area is 247 Å². The van der Waals surface area contributed by atoms with E-state index in [1.54, 1.807) is 54.6 Å². The van der Waals surface area contributed by atoms with Crippen molar-refractivity contribution < 1.29 is 49.0 Å². The molecule has 4 unspecified atom stereocenters. The zero-order chi connectivity index (χ0) is 30.7. The molecule has 13 heteroatoms. The smallest absolute Gasteiger partial charge is 0.364 e. The molecule has 2 aromatic carbocycles. The third-order valence-corrected chi connectivity index (χ3v) is 6.81. The maximum atomic E-state index is 12.6. The van der Waals surface area contributed by atoms with Crippen molar-refractivity contribution in [3.8, 4) is 12.3 Å². The lowest BCUT2D eigenvalue weighted by molar-refractivity contribution is -0.316. The summed E-state index contributed by atoms with van der Waals surface area (Å²) in [6.45, 7) is -1.88. The van der Waals surface area contributed by atoms with Crippen LogP contribution in [-0.2, 0) is 41.6 Å². The Balaban J connectivity index is 1.83. The van der Waals surface area contributed by atoms with Crippen LogP contribution >= 0.6 is 11.6 Å². The van der Waals surface area contributed by atoms with E-state index in [4.69, 9.17) is 32.2 Å². The van der Waals surface area contributed by atoms with E-state index in [0.29, 0.717) is 16.1 Å². The molecule has 6 atom stereocenters. The Kier molecular flexibility index (Phi) is 12.3. The fourth-order valence-electron chi connectivity index (χ4n) is 4.43. The number of aliphatic carboxylic acids is 1. The molecule has 0 radical (unpaired) electrons. The predicted molar refractivity (Wildman–Crippen MR) is 149 cm³/mol. The summed E-state index contributed by atoms with van der Waals surface area (Å²) in [6, 6.07) is 13.9. The topological polar surface area (TPSA) is 184 Å². The third-order valence-electron chi connectivity index (χ3n) is 6.56. The van der Waals surface area contributed by atoms with Crippen molar-refractivity contribution in [3.05, 3.63) is 70.7 Å². The maximum Gasteiger partial charge on any atom is 0.364 e. The fraction of sp³-hybridized carbons (Fsp3) is 0.414. The monoisotopic (exact) mass is 604 g/mol. The minimum absolute atomic E-state index is 0.0352. The lowest BCUT2D eigenvalue weighted by Crippen LogP contribution is -2.68. The van der Waals surface area contributed by atoms with Crippen LogP contribution in [0.25, 0.3) is 0 Å². The molecule has 0 saturated carbocycles. The minimum Gasteiger partial charge on any atom is -0.477 e. The molecule has 1 saturated heterocycles. The molecular formula is C29H33ClN2O10. The molecule has 1 aliphatic rings. The Morgan fingerprint density at radius 2 is 1.79 bits per heavy atom. The van der Waals surface area contributed by atoms with Crippen molar-refractivity contribution in [1.82, 2.24) is 10.6 Å². The van der Waals surface area contributed by atoms with Gasteiger partial charge in [-0.15, -0.1) is 6.42 Å². The van der Waals surface area contributed by atoms with E-state index in [9.17, 15) is 34.8 Å². The second-order valence-electron chi connectivity index (χ2n) is 9.59. The molecule has 0 spiro atoms. The number of aliphatic hydroxyl groups is 3. The Morgan fingerprint density at radius 3 is 2.40 bits per heavy atom. The van der Waals surface area contributed by atoms with Gasteiger partial charge in [-0.1, -0.05) is 60.0 Å². The Morgan fingerprint density at radius 1 is 1.10 bits per heavy atom. The van der Waals surface area contributed by atoms with Gasteiger partial charge in [0, 0.05) is 18.0 Å². The summed E-state index contributed by atoms with van der Waals surface area (Å²) in [6.07, 6.45) is -1.57. The number of carboxylic acids is 1. The molecule has 0 bridgehead atoms. The summed E-state index contributed by atoms with van der Waals surface area (Å²) in [7, 11) is 0. The first-order chi connectivity index (χ1) is 20.1. The number of carbonyl (C=O) groups is 3. The molecule has 42 heavy (non-hydrogen) atoms. The van der Waals surface area contributed by atoms with Crippen molar-refractivity contribution in [1.29, 1.82) is 0 Å². The van der Waals surface area contributed by atoms with Crippen LogP contribution in [0.2, 0.25) is 5.02 Å². The number of halogens is 1. The number of hydrogen-bond donors (Lipinski definition) is 6. The maximum absolute atomic E-state index is 12.6. The van der Waals surface area contributed by atoms with Gasteiger partial charge < -0.3 is 45.3 Å². The van der Waals surface area contributed by atoms with Crippen molar-refractivity contribution >= 4 is 29.4 Å². The second kappa shape index (κ2) is 15.6. The van der Waals surface area contributed by atoms with Gasteiger partial charge in [0.25, 0.3) is 5.79 Å². The van der Waals surface area contributed by atoms with Gasteiger partial charge in [-0.2, -0.15) is 0 Å². The highest BCUT2D eigenvalue weighted by molar-refractivity contribution is 6.30. The fourth-order valence-corrected chi connectivity index (χ4v) is 4.55. The van der Waals surface area contributed by atoms with Crippen LogP contribution in [-0.4, -0.2) is 94.2 Å². The van der Waals surface area contributed by atoms with Gasteiger partial charge in [-0.3, -0.25) is 9.59 Å². The van der Waals surface area contributed by atoms with E-state index in [2.05, 4.69) is 16.6 Å². The largest absolute Gasteiger partial charge is 0.477 e. The number of hydrogen-bond acceptors (Lipinski definition) is 9. The van der Waals surface area contributed by atoms with Gasteiger partial charge in [-0.25, -0.2) is 4.79 Å². The van der Waals surface area contributed by atoms with Crippen LogP contribution in [0.1, 0.15) is 17.5 Å². The molecule has 12 nitrogen and oxygen atoms in total. The molecule has 6 N–H and O–H groups in total. The van der Waals surface area contributed by atoms with Crippen molar-refractivity contribution in [2.45, 2.75) is 55.7 Å². The number of aliphatic hydroxyl groups excluding tert-OH is 3. The number of ether oxygens (including phenoxy) is 3. The standard InChI is InChI=1S/C29H33ClN2O10/c1-2-12-40-22-14-29(28(38)39,41-17-19-6-4-3-5-7-19)42-27(25(22)32-24(36)16-33)26(37)21(34)15-31-23(35)13-18-8-10-20(30)11-9-18/h1,3-11,21-22,25-27,33-34,37H,12-17H2,(H,31,35)(H,32,36)(H,38,39)/t21-,22?,25?,26-,27?,29?/m1/s1. The molecular weight excluding hydrogens is 572 g/mol. The lowest BCUT2D eigenvalue weighted by Gasteiger charge is -2.47. The molecule has 3 rings (SSSR count). The van der Waals surface area contributed by atoms with Crippen molar-refractivity contribution in [2.24, 2.45) is 0 Å². The van der Waals surface area contributed by atoms with Crippen molar-refractivity contribution in [2.75, 3.05) is 19.8 Å². The van der Waals surface area contributed by atoms with Crippen LogP contribution in [0.15, 0.2) is 54.6 Å². The van der Waals surface area contributed by atoms with Crippen LogP contribution in [0.3, 0.4) is 0 Å². The normalized spacial score (nSPS) is 23.3. The number of terminal acetylenes is 1. The number of amides is 2. The van der Waals surface area contributed by atoms with Crippen LogP contribution in [0.5, 0.6) is 0 Å². The molecule has 1 fully saturated rings. The zero-order valence-corrected chi connectivity index (χ0v) is 23.3. The highest BCUT2D eigenvalue weighted by Crippen LogP contribution is 2.35. The molecule has 2 amide bonds. The number of carboxylic acid groups (broad SMARTS) is 1. The lowest BCUT2D eigenvalue weighted by atomic mass is 9.88. The minimum atomic E-state index is -2.39. The Hall–Kier alpha value is -3.54. The number of carbonyl (C=O) groups excluding carboxylic acids is 2. The molecule has 1 aliphatic heterocycles. The quantitative estimate of drug-likeness (QED) is 0.160. The first-order valence-electron chi connectivity index (χ1n) is 13.0. The molecule has 2 aromatic rings. The second-order valence-corrected chi connectivity index (χ2v) is 10.0. The number of rotatable bonds is 14. The van der Waals surface area contributed by atoms with E-state index in [-0.39, 0.29) is 19.6 Å². The third kappa shape index (κ3) is 8.98. The van der Waals surface area contributed by atoms with Gasteiger partial charge in [-0.05, 0) is 23.3 Å². The van der Waals surface area contributed by atoms with Crippen LogP contribution < -0.4 is 10.6 Å². The van der Waals surface area contributed by atoms with Gasteiger partial charge in [0.15, 0.2) is 0 Å². The van der Waals surface area contributed by atoms with Gasteiger partial charge in [0.2, 0.25) is 11.8 Å².